The molecule has 1 aliphatic rings. The Morgan fingerprint density at radius 3 is 2.86 bits per heavy atom. The van der Waals surface area contributed by atoms with Gasteiger partial charge in [0.15, 0.2) is 0 Å². The summed E-state index contributed by atoms with van der Waals surface area (Å²) in [5, 5.41) is 10.4. The highest BCUT2D eigenvalue weighted by Crippen LogP contribution is 2.33. The molecule has 1 saturated heterocycles. The van der Waals surface area contributed by atoms with Crippen molar-refractivity contribution in [2.24, 2.45) is 5.92 Å². The molecule has 0 spiro atoms. The standard InChI is InChI=1S/C16H17NO3S/c1-2-10-7-14(18)17(8-10)9-12-11-5-3-4-6-13(11)21-15(12)16(19)20/h3-6,10H,2,7-9H2,1H3,(H,19,20). The van der Waals surface area contributed by atoms with Crippen LogP contribution in [0.4, 0.5) is 0 Å². The first-order chi connectivity index (χ1) is 10.1. The summed E-state index contributed by atoms with van der Waals surface area (Å²) in [4.78, 5) is 25.7. The number of rotatable bonds is 4. The molecule has 1 N–H and O–H groups in total. The highest BCUT2D eigenvalue weighted by Gasteiger charge is 2.30. The molecule has 1 aromatic carbocycles. The van der Waals surface area contributed by atoms with Gasteiger partial charge in [-0.1, -0.05) is 31.5 Å². The number of carboxylic acids is 1. The maximum absolute atomic E-state index is 12.1. The van der Waals surface area contributed by atoms with Gasteiger partial charge in [0, 0.05) is 29.8 Å². The molecule has 21 heavy (non-hydrogen) atoms. The third-order valence-electron chi connectivity index (χ3n) is 4.11. The maximum atomic E-state index is 12.1. The molecule has 0 radical (unpaired) electrons. The Morgan fingerprint density at radius 2 is 2.19 bits per heavy atom. The molecule has 1 aliphatic heterocycles. The van der Waals surface area contributed by atoms with E-state index in [2.05, 4.69) is 6.92 Å². The van der Waals surface area contributed by atoms with E-state index in [0.717, 1.165) is 28.6 Å². The van der Waals surface area contributed by atoms with Gasteiger partial charge in [-0.15, -0.1) is 11.3 Å². The van der Waals surface area contributed by atoms with Crippen molar-refractivity contribution in [3.63, 3.8) is 0 Å². The van der Waals surface area contributed by atoms with Crippen LogP contribution in [0.3, 0.4) is 0 Å². The molecule has 110 valence electrons. The van der Waals surface area contributed by atoms with Crippen molar-refractivity contribution in [1.82, 2.24) is 4.90 Å². The number of hydrogen-bond donors (Lipinski definition) is 1. The highest BCUT2D eigenvalue weighted by atomic mass is 32.1. The first-order valence-electron chi connectivity index (χ1n) is 7.11. The predicted octanol–water partition coefficient (Wildman–Crippen LogP) is 3.36. The summed E-state index contributed by atoms with van der Waals surface area (Å²) in [6.07, 6.45) is 1.57. The molecular weight excluding hydrogens is 286 g/mol. The molecule has 1 amide bonds. The second-order valence-corrected chi connectivity index (χ2v) is 6.52. The summed E-state index contributed by atoms with van der Waals surface area (Å²) in [7, 11) is 0. The van der Waals surface area contributed by atoms with Crippen LogP contribution in [0.15, 0.2) is 24.3 Å². The number of benzene rings is 1. The van der Waals surface area contributed by atoms with Crippen molar-refractivity contribution in [3.8, 4) is 0 Å². The van der Waals surface area contributed by atoms with E-state index >= 15 is 0 Å². The molecule has 4 nitrogen and oxygen atoms in total. The number of amides is 1. The minimum Gasteiger partial charge on any atom is -0.477 e. The molecule has 1 unspecified atom stereocenters. The average molecular weight is 303 g/mol. The zero-order valence-electron chi connectivity index (χ0n) is 11.8. The van der Waals surface area contributed by atoms with Gasteiger partial charge in [0.1, 0.15) is 4.88 Å². The Labute approximate surface area is 127 Å². The number of thiophene rings is 1. The lowest BCUT2D eigenvalue weighted by atomic mass is 10.1. The van der Waals surface area contributed by atoms with E-state index in [0.29, 0.717) is 23.8 Å². The molecule has 1 aromatic heterocycles. The van der Waals surface area contributed by atoms with Crippen LogP contribution >= 0.6 is 11.3 Å². The summed E-state index contributed by atoms with van der Waals surface area (Å²) >= 11 is 1.29. The molecule has 3 rings (SSSR count). The summed E-state index contributed by atoms with van der Waals surface area (Å²) < 4.78 is 0.962. The summed E-state index contributed by atoms with van der Waals surface area (Å²) in [6.45, 7) is 3.23. The average Bonchev–Trinajstić information content (AvgIpc) is 3.01. The van der Waals surface area contributed by atoms with E-state index in [1.165, 1.54) is 11.3 Å². The molecule has 1 atom stereocenters. The summed E-state index contributed by atoms with van der Waals surface area (Å²) in [5.74, 6) is -0.381. The number of carbonyl (C=O) groups is 2. The van der Waals surface area contributed by atoms with Crippen LogP contribution < -0.4 is 0 Å². The van der Waals surface area contributed by atoms with Gasteiger partial charge in [-0.3, -0.25) is 4.79 Å². The van der Waals surface area contributed by atoms with E-state index in [-0.39, 0.29) is 5.91 Å². The molecule has 0 aliphatic carbocycles. The minimum atomic E-state index is -0.912. The Balaban J connectivity index is 1.98. The third-order valence-corrected chi connectivity index (χ3v) is 5.31. The van der Waals surface area contributed by atoms with Gasteiger partial charge < -0.3 is 10.0 Å². The quantitative estimate of drug-likeness (QED) is 0.942. The predicted molar refractivity (Wildman–Crippen MR) is 82.6 cm³/mol. The topological polar surface area (TPSA) is 57.6 Å². The smallest absolute Gasteiger partial charge is 0.346 e. The lowest BCUT2D eigenvalue weighted by Crippen LogP contribution is -2.25. The van der Waals surface area contributed by atoms with E-state index in [9.17, 15) is 14.7 Å². The molecular formula is C16H17NO3S. The van der Waals surface area contributed by atoms with Crippen LogP contribution in [0.2, 0.25) is 0 Å². The Kier molecular flexibility index (Phi) is 3.68. The summed E-state index contributed by atoms with van der Waals surface area (Å²) in [6, 6.07) is 7.68. The monoisotopic (exact) mass is 303 g/mol. The van der Waals surface area contributed by atoms with Gasteiger partial charge in [0.25, 0.3) is 0 Å². The zero-order chi connectivity index (χ0) is 15.0. The lowest BCUT2D eigenvalue weighted by Gasteiger charge is -2.16. The van der Waals surface area contributed by atoms with Gasteiger partial charge in [0.2, 0.25) is 5.91 Å². The van der Waals surface area contributed by atoms with Gasteiger partial charge in [-0.2, -0.15) is 0 Å². The SMILES string of the molecule is CCC1CC(=O)N(Cc2c(C(=O)O)sc3ccccc23)C1. The van der Waals surface area contributed by atoms with Crippen LogP contribution in [0.5, 0.6) is 0 Å². The van der Waals surface area contributed by atoms with Crippen molar-refractivity contribution in [3.05, 3.63) is 34.7 Å². The Hall–Kier alpha value is -1.88. The van der Waals surface area contributed by atoms with E-state index in [4.69, 9.17) is 0 Å². The molecule has 5 heteroatoms. The van der Waals surface area contributed by atoms with Crippen molar-refractivity contribution in [1.29, 1.82) is 0 Å². The molecule has 0 bridgehead atoms. The normalized spacial score (nSPS) is 18.6. The fraction of sp³-hybridized carbons (Fsp3) is 0.375. The Morgan fingerprint density at radius 1 is 1.43 bits per heavy atom. The van der Waals surface area contributed by atoms with Gasteiger partial charge >= 0.3 is 5.97 Å². The second-order valence-electron chi connectivity index (χ2n) is 5.46. The minimum absolute atomic E-state index is 0.133. The number of carboxylic acid groups (broad SMARTS) is 1. The largest absolute Gasteiger partial charge is 0.477 e. The molecule has 0 saturated carbocycles. The molecule has 2 aromatic rings. The van der Waals surface area contributed by atoms with Crippen molar-refractivity contribution < 1.29 is 14.7 Å². The van der Waals surface area contributed by atoms with Crippen LogP contribution in [0, 0.1) is 5.92 Å². The number of hydrogen-bond acceptors (Lipinski definition) is 3. The van der Waals surface area contributed by atoms with Gasteiger partial charge in [-0.25, -0.2) is 4.79 Å². The van der Waals surface area contributed by atoms with Gasteiger partial charge in [-0.05, 0) is 17.4 Å². The second kappa shape index (κ2) is 5.48. The number of likely N-dealkylation sites (tertiary alicyclic amines) is 1. The lowest BCUT2D eigenvalue weighted by molar-refractivity contribution is -0.128. The van der Waals surface area contributed by atoms with Crippen molar-refractivity contribution in [2.45, 2.75) is 26.3 Å². The van der Waals surface area contributed by atoms with E-state index in [1.54, 1.807) is 4.90 Å². The van der Waals surface area contributed by atoms with Crippen LogP contribution in [-0.4, -0.2) is 28.4 Å². The zero-order valence-corrected chi connectivity index (χ0v) is 12.7. The molecule has 1 fully saturated rings. The van der Waals surface area contributed by atoms with Crippen LogP contribution in [0.1, 0.15) is 35.0 Å². The van der Waals surface area contributed by atoms with Crippen LogP contribution in [-0.2, 0) is 11.3 Å². The Bertz CT molecular complexity index is 707. The first-order valence-corrected chi connectivity index (χ1v) is 7.93. The fourth-order valence-corrected chi connectivity index (χ4v) is 3.95. The van der Waals surface area contributed by atoms with Crippen LogP contribution in [0.25, 0.3) is 10.1 Å². The number of fused-ring (bicyclic) bond motifs is 1. The fourth-order valence-electron chi connectivity index (χ4n) is 2.90. The van der Waals surface area contributed by atoms with Crippen molar-refractivity contribution >= 4 is 33.3 Å². The van der Waals surface area contributed by atoms with E-state index in [1.807, 2.05) is 24.3 Å². The number of aromatic carboxylic acids is 1. The highest BCUT2D eigenvalue weighted by molar-refractivity contribution is 7.21. The third kappa shape index (κ3) is 2.53. The number of carbonyl (C=O) groups excluding carboxylic acids is 1. The maximum Gasteiger partial charge on any atom is 0.346 e. The first kappa shape index (κ1) is 14.1. The van der Waals surface area contributed by atoms with Crippen molar-refractivity contribution in [2.75, 3.05) is 6.54 Å². The van der Waals surface area contributed by atoms with Gasteiger partial charge in [0.05, 0.1) is 0 Å². The summed E-state index contributed by atoms with van der Waals surface area (Å²) in [5.41, 5.74) is 0.771. The molecule has 2 heterocycles. The number of nitrogens with zero attached hydrogens (tertiary/aromatic N) is 1. The van der Waals surface area contributed by atoms with E-state index < -0.39 is 5.97 Å².